The molecule has 0 aliphatic carbocycles. The van der Waals surface area contributed by atoms with Gasteiger partial charge < -0.3 is 4.90 Å². The van der Waals surface area contributed by atoms with E-state index in [0.29, 0.717) is 12.6 Å². The average molecular weight is 331 g/mol. The number of rotatable bonds is 6. The molecule has 0 spiro atoms. The first-order valence-electron chi connectivity index (χ1n) is 7.49. The van der Waals surface area contributed by atoms with Gasteiger partial charge in [-0.25, -0.2) is 13.1 Å². The number of nitrogens with one attached hydrogen (secondary N) is 1. The molecular formula is C15H23ClN2O2S. The van der Waals surface area contributed by atoms with E-state index in [2.05, 4.69) is 16.5 Å². The largest absolute Gasteiger partial charge is 0.301 e. The molecule has 6 heteroatoms. The number of nitrogens with zero attached hydrogens (tertiary/aromatic N) is 1. The van der Waals surface area contributed by atoms with Crippen LogP contribution in [0.3, 0.4) is 0 Å². The molecule has 1 atom stereocenters. The lowest BCUT2D eigenvalue weighted by Gasteiger charge is -2.33. The van der Waals surface area contributed by atoms with Crippen LogP contribution in [0.1, 0.15) is 32.6 Å². The summed E-state index contributed by atoms with van der Waals surface area (Å²) in [6.45, 7) is 4.74. The lowest BCUT2D eigenvalue weighted by molar-refractivity contribution is 0.159. The summed E-state index contributed by atoms with van der Waals surface area (Å²) < 4.78 is 27.0. The normalized spacial score (nSPS) is 20.6. The molecule has 118 valence electrons. The van der Waals surface area contributed by atoms with Crippen molar-refractivity contribution in [2.24, 2.45) is 0 Å². The second kappa shape index (κ2) is 7.58. The highest BCUT2D eigenvalue weighted by Gasteiger charge is 2.19. The van der Waals surface area contributed by atoms with Gasteiger partial charge in [-0.3, -0.25) is 0 Å². The Hall–Kier alpha value is -0.620. The number of likely N-dealkylation sites (tertiary alicyclic amines) is 1. The molecule has 0 bridgehead atoms. The van der Waals surface area contributed by atoms with E-state index in [1.54, 1.807) is 18.2 Å². The molecule has 0 aromatic heterocycles. The monoisotopic (exact) mass is 330 g/mol. The molecule has 1 unspecified atom stereocenters. The van der Waals surface area contributed by atoms with Crippen molar-refractivity contribution in [2.45, 2.75) is 43.5 Å². The van der Waals surface area contributed by atoms with Gasteiger partial charge in [0.25, 0.3) is 0 Å². The third kappa shape index (κ3) is 4.68. The minimum Gasteiger partial charge on any atom is -0.301 e. The summed E-state index contributed by atoms with van der Waals surface area (Å²) in [4.78, 5) is 2.59. The Labute approximate surface area is 132 Å². The SMILES string of the molecule is CC1CCCCN1CCCNS(=O)(=O)c1ccccc1Cl. The van der Waals surface area contributed by atoms with Crippen molar-refractivity contribution in [3.63, 3.8) is 0 Å². The van der Waals surface area contributed by atoms with E-state index < -0.39 is 10.0 Å². The molecule has 1 aromatic carbocycles. The number of sulfonamides is 1. The van der Waals surface area contributed by atoms with Crippen molar-refractivity contribution in [1.82, 2.24) is 9.62 Å². The van der Waals surface area contributed by atoms with Crippen LogP contribution in [0, 0.1) is 0 Å². The Kier molecular flexibility index (Phi) is 6.05. The first-order chi connectivity index (χ1) is 10.0. The number of halogens is 1. The predicted octanol–water partition coefficient (Wildman–Crippen LogP) is 2.88. The highest BCUT2D eigenvalue weighted by molar-refractivity contribution is 7.89. The van der Waals surface area contributed by atoms with E-state index in [1.807, 2.05) is 0 Å². The Morgan fingerprint density at radius 3 is 2.81 bits per heavy atom. The second-order valence-corrected chi connectivity index (χ2v) is 7.71. The van der Waals surface area contributed by atoms with Crippen LogP contribution in [-0.4, -0.2) is 39.0 Å². The zero-order valence-electron chi connectivity index (χ0n) is 12.4. The van der Waals surface area contributed by atoms with E-state index in [0.717, 1.165) is 19.5 Å². The van der Waals surface area contributed by atoms with Crippen LogP contribution >= 0.6 is 11.6 Å². The zero-order chi connectivity index (χ0) is 15.3. The summed E-state index contributed by atoms with van der Waals surface area (Å²) in [5.41, 5.74) is 0. The number of hydrogen-bond donors (Lipinski definition) is 1. The Morgan fingerprint density at radius 1 is 1.33 bits per heavy atom. The third-order valence-corrected chi connectivity index (χ3v) is 5.94. The molecule has 21 heavy (non-hydrogen) atoms. The van der Waals surface area contributed by atoms with Crippen LogP contribution in [0.4, 0.5) is 0 Å². The minimum atomic E-state index is -3.51. The van der Waals surface area contributed by atoms with Gasteiger partial charge in [-0.1, -0.05) is 30.2 Å². The highest BCUT2D eigenvalue weighted by atomic mass is 35.5. The van der Waals surface area contributed by atoms with Gasteiger partial charge in [0.1, 0.15) is 4.90 Å². The molecule has 1 aliphatic rings. The summed E-state index contributed by atoms with van der Waals surface area (Å²) in [7, 11) is -3.51. The first kappa shape index (κ1) is 16.7. The van der Waals surface area contributed by atoms with Crippen molar-refractivity contribution in [1.29, 1.82) is 0 Å². The standard InChI is InChI=1S/C15H23ClN2O2S/c1-13-7-4-5-11-18(13)12-6-10-17-21(19,20)15-9-3-2-8-14(15)16/h2-3,8-9,13,17H,4-7,10-12H2,1H3. The van der Waals surface area contributed by atoms with Crippen LogP contribution in [0.15, 0.2) is 29.2 Å². The van der Waals surface area contributed by atoms with Crippen molar-refractivity contribution in [3.8, 4) is 0 Å². The van der Waals surface area contributed by atoms with Gasteiger partial charge in [0.2, 0.25) is 10.0 Å². The topological polar surface area (TPSA) is 49.4 Å². The fraction of sp³-hybridized carbons (Fsp3) is 0.600. The minimum absolute atomic E-state index is 0.151. The summed E-state index contributed by atoms with van der Waals surface area (Å²) in [6.07, 6.45) is 4.60. The van der Waals surface area contributed by atoms with E-state index in [-0.39, 0.29) is 9.92 Å². The van der Waals surface area contributed by atoms with E-state index >= 15 is 0 Å². The van der Waals surface area contributed by atoms with Crippen LogP contribution in [-0.2, 0) is 10.0 Å². The van der Waals surface area contributed by atoms with Gasteiger partial charge in [-0.15, -0.1) is 0 Å². The van der Waals surface area contributed by atoms with Crippen molar-refractivity contribution in [3.05, 3.63) is 29.3 Å². The summed E-state index contributed by atoms with van der Waals surface area (Å²) >= 11 is 5.94. The molecule has 0 radical (unpaired) electrons. The van der Waals surface area contributed by atoms with Gasteiger partial charge in [0.15, 0.2) is 0 Å². The lowest BCUT2D eigenvalue weighted by Crippen LogP contribution is -2.39. The predicted molar refractivity (Wildman–Crippen MR) is 86.1 cm³/mol. The molecule has 1 saturated heterocycles. The molecule has 1 heterocycles. The fourth-order valence-corrected chi connectivity index (χ4v) is 4.31. The van der Waals surface area contributed by atoms with Gasteiger partial charge in [0.05, 0.1) is 5.02 Å². The fourth-order valence-electron chi connectivity index (χ4n) is 2.72. The van der Waals surface area contributed by atoms with Gasteiger partial charge in [-0.05, 0) is 51.4 Å². The van der Waals surface area contributed by atoms with E-state index in [4.69, 9.17) is 11.6 Å². The van der Waals surface area contributed by atoms with E-state index in [9.17, 15) is 8.42 Å². The summed E-state index contributed by atoms with van der Waals surface area (Å²) in [6, 6.07) is 7.12. The quantitative estimate of drug-likeness (QED) is 0.816. The molecule has 1 N–H and O–H groups in total. The van der Waals surface area contributed by atoms with Crippen molar-refractivity contribution >= 4 is 21.6 Å². The molecule has 1 fully saturated rings. The summed E-state index contributed by atoms with van der Waals surface area (Å²) in [5.74, 6) is 0. The van der Waals surface area contributed by atoms with Crippen LogP contribution in [0.5, 0.6) is 0 Å². The maximum Gasteiger partial charge on any atom is 0.242 e. The van der Waals surface area contributed by atoms with Crippen LogP contribution < -0.4 is 4.72 Å². The van der Waals surface area contributed by atoms with Gasteiger partial charge in [0, 0.05) is 12.6 Å². The lowest BCUT2D eigenvalue weighted by atomic mass is 10.0. The first-order valence-corrected chi connectivity index (χ1v) is 9.35. The Morgan fingerprint density at radius 2 is 2.10 bits per heavy atom. The smallest absolute Gasteiger partial charge is 0.242 e. The Balaban J connectivity index is 1.81. The maximum absolute atomic E-state index is 12.2. The zero-order valence-corrected chi connectivity index (χ0v) is 14.0. The molecule has 1 aliphatic heterocycles. The maximum atomic E-state index is 12.2. The van der Waals surface area contributed by atoms with Crippen molar-refractivity contribution < 1.29 is 8.42 Å². The number of hydrogen-bond acceptors (Lipinski definition) is 3. The second-order valence-electron chi connectivity index (χ2n) is 5.56. The average Bonchev–Trinajstić information content (AvgIpc) is 2.45. The number of piperidine rings is 1. The van der Waals surface area contributed by atoms with Crippen LogP contribution in [0.25, 0.3) is 0 Å². The molecular weight excluding hydrogens is 308 g/mol. The summed E-state index contributed by atoms with van der Waals surface area (Å²) in [5, 5.41) is 0.259. The molecule has 4 nitrogen and oxygen atoms in total. The highest BCUT2D eigenvalue weighted by Crippen LogP contribution is 2.20. The molecule has 0 saturated carbocycles. The molecule has 1 aromatic rings. The van der Waals surface area contributed by atoms with E-state index in [1.165, 1.54) is 25.3 Å². The van der Waals surface area contributed by atoms with Gasteiger partial charge in [-0.2, -0.15) is 0 Å². The Bertz CT molecular complexity index is 563. The molecule has 0 amide bonds. The van der Waals surface area contributed by atoms with Crippen molar-refractivity contribution in [2.75, 3.05) is 19.6 Å². The van der Waals surface area contributed by atoms with Crippen LogP contribution in [0.2, 0.25) is 5.02 Å². The third-order valence-electron chi connectivity index (χ3n) is 3.98. The number of benzene rings is 1. The van der Waals surface area contributed by atoms with Gasteiger partial charge >= 0.3 is 0 Å². The molecule has 2 rings (SSSR count).